The van der Waals surface area contributed by atoms with Gasteiger partial charge < -0.3 is 15.5 Å². The van der Waals surface area contributed by atoms with Gasteiger partial charge in [-0.25, -0.2) is 4.98 Å². The van der Waals surface area contributed by atoms with Crippen LogP contribution in [0.3, 0.4) is 0 Å². The largest absolute Gasteiger partial charge is 0.369 e. The average Bonchev–Trinajstić information content (AvgIpc) is 3.44. The van der Waals surface area contributed by atoms with Gasteiger partial charge in [0.2, 0.25) is 0 Å². The van der Waals surface area contributed by atoms with Gasteiger partial charge >= 0.3 is 0 Å². The second kappa shape index (κ2) is 7.71. The van der Waals surface area contributed by atoms with Crippen molar-refractivity contribution in [1.29, 1.82) is 0 Å². The maximum Gasteiger partial charge on any atom is 0.132 e. The van der Waals surface area contributed by atoms with Gasteiger partial charge in [-0.1, -0.05) is 24.3 Å². The van der Waals surface area contributed by atoms with Crippen LogP contribution in [0.2, 0.25) is 0 Å². The smallest absolute Gasteiger partial charge is 0.132 e. The molecule has 31 heavy (non-hydrogen) atoms. The highest BCUT2D eigenvalue weighted by molar-refractivity contribution is 5.81. The van der Waals surface area contributed by atoms with Crippen LogP contribution in [-0.4, -0.2) is 40.9 Å². The van der Waals surface area contributed by atoms with Gasteiger partial charge in [0.1, 0.15) is 5.82 Å². The molecule has 1 atom stereocenters. The summed E-state index contributed by atoms with van der Waals surface area (Å²) in [6.45, 7) is 4.20. The van der Waals surface area contributed by atoms with Crippen LogP contribution >= 0.6 is 0 Å². The van der Waals surface area contributed by atoms with Crippen molar-refractivity contribution < 1.29 is 0 Å². The van der Waals surface area contributed by atoms with Gasteiger partial charge in [0, 0.05) is 55.2 Å². The van der Waals surface area contributed by atoms with E-state index < -0.39 is 0 Å². The fourth-order valence-corrected chi connectivity index (χ4v) is 4.87. The molecular weight excluding hydrogens is 384 g/mol. The van der Waals surface area contributed by atoms with Gasteiger partial charge in [-0.2, -0.15) is 5.10 Å². The standard InChI is InChI=1S/C25H26N6/c1-2-4-22-18(3-1)5-10-23(22)31-24-15-25(27-16-19(24)17-28-31)29-20-6-8-21(9-7-20)30-13-11-26-12-14-30/h1-4,6-9,15-17,23,26H,5,10-14H2,(H,27,29)/t23-/m0/s1. The van der Waals surface area contributed by atoms with E-state index in [2.05, 4.69) is 79.8 Å². The lowest BCUT2D eigenvalue weighted by Gasteiger charge is -2.29. The van der Waals surface area contributed by atoms with E-state index in [0.29, 0.717) is 6.04 Å². The molecular formula is C25H26N6. The van der Waals surface area contributed by atoms with Gasteiger partial charge in [-0.05, 0) is 48.2 Å². The number of aryl methyl sites for hydroxylation is 1. The maximum absolute atomic E-state index is 4.73. The summed E-state index contributed by atoms with van der Waals surface area (Å²) in [7, 11) is 0. The third kappa shape index (κ3) is 3.43. The second-order valence-electron chi connectivity index (χ2n) is 8.38. The number of nitrogens with zero attached hydrogens (tertiary/aromatic N) is 4. The fraction of sp³-hybridized carbons (Fsp3) is 0.280. The molecule has 1 fully saturated rings. The monoisotopic (exact) mass is 410 g/mol. The molecule has 4 aromatic rings. The van der Waals surface area contributed by atoms with E-state index in [-0.39, 0.29) is 0 Å². The third-order valence-electron chi connectivity index (χ3n) is 6.50. The number of piperazine rings is 1. The van der Waals surface area contributed by atoms with Crippen LogP contribution in [0.25, 0.3) is 10.9 Å². The Hall–Kier alpha value is -3.38. The number of aromatic nitrogens is 3. The lowest BCUT2D eigenvalue weighted by molar-refractivity contribution is 0.537. The number of hydrogen-bond donors (Lipinski definition) is 2. The van der Waals surface area contributed by atoms with Gasteiger partial charge in [0.15, 0.2) is 0 Å². The molecule has 6 nitrogen and oxygen atoms in total. The van der Waals surface area contributed by atoms with E-state index in [1.807, 2.05) is 12.4 Å². The van der Waals surface area contributed by atoms with E-state index >= 15 is 0 Å². The first-order valence-electron chi connectivity index (χ1n) is 11.1. The van der Waals surface area contributed by atoms with E-state index in [4.69, 9.17) is 5.10 Å². The predicted octanol–water partition coefficient (Wildman–Crippen LogP) is 4.12. The Morgan fingerprint density at radius 3 is 2.68 bits per heavy atom. The van der Waals surface area contributed by atoms with Gasteiger partial charge in [0.25, 0.3) is 0 Å². The number of anilines is 3. The van der Waals surface area contributed by atoms with Crippen molar-refractivity contribution >= 4 is 28.1 Å². The molecule has 1 saturated heterocycles. The molecule has 6 heteroatoms. The molecule has 1 aliphatic heterocycles. The summed E-state index contributed by atoms with van der Waals surface area (Å²) in [4.78, 5) is 7.03. The first kappa shape index (κ1) is 18.4. The fourth-order valence-electron chi connectivity index (χ4n) is 4.87. The minimum atomic E-state index is 0.294. The number of hydrogen-bond acceptors (Lipinski definition) is 5. The number of pyridine rings is 1. The Morgan fingerprint density at radius 2 is 1.81 bits per heavy atom. The molecule has 2 aromatic carbocycles. The number of fused-ring (bicyclic) bond motifs is 2. The molecule has 3 heterocycles. The summed E-state index contributed by atoms with van der Waals surface area (Å²) in [6.07, 6.45) is 6.04. The van der Waals surface area contributed by atoms with E-state index in [1.165, 1.54) is 16.8 Å². The van der Waals surface area contributed by atoms with Crippen LogP contribution in [0, 0.1) is 0 Å². The summed E-state index contributed by atoms with van der Waals surface area (Å²) >= 11 is 0. The van der Waals surface area contributed by atoms with Crippen molar-refractivity contribution in [3.8, 4) is 0 Å². The van der Waals surface area contributed by atoms with Crippen LogP contribution in [0.4, 0.5) is 17.2 Å². The predicted molar refractivity (Wildman–Crippen MR) is 125 cm³/mol. The molecule has 6 rings (SSSR count). The Labute approximate surface area is 181 Å². The zero-order chi connectivity index (χ0) is 20.6. The summed E-state index contributed by atoms with van der Waals surface area (Å²) in [5.74, 6) is 0.843. The molecule has 0 unspecified atom stereocenters. The molecule has 2 aliphatic rings. The zero-order valence-corrected chi connectivity index (χ0v) is 17.5. The van der Waals surface area contributed by atoms with Crippen molar-refractivity contribution in [2.45, 2.75) is 18.9 Å². The molecule has 2 aromatic heterocycles. The van der Waals surface area contributed by atoms with Gasteiger partial charge in [-0.15, -0.1) is 0 Å². The highest BCUT2D eigenvalue weighted by Gasteiger charge is 2.25. The summed E-state index contributed by atoms with van der Waals surface area (Å²) in [6, 6.07) is 19.8. The lowest BCUT2D eigenvalue weighted by atomic mass is 10.1. The first-order chi connectivity index (χ1) is 15.3. The summed E-state index contributed by atoms with van der Waals surface area (Å²) < 4.78 is 2.17. The third-order valence-corrected chi connectivity index (χ3v) is 6.50. The van der Waals surface area contributed by atoms with Crippen molar-refractivity contribution in [2.24, 2.45) is 0 Å². The molecule has 0 radical (unpaired) electrons. The number of nitrogens with one attached hydrogen (secondary N) is 2. The van der Waals surface area contributed by atoms with Gasteiger partial charge in [0.05, 0.1) is 17.8 Å². The normalized spacial score (nSPS) is 18.3. The molecule has 0 spiro atoms. The molecule has 1 aliphatic carbocycles. The van der Waals surface area contributed by atoms with Crippen molar-refractivity contribution in [3.63, 3.8) is 0 Å². The highest BCUT2D eigenvalue weighted by atomic mass is 15.3. The quantitative estimate of drug-likeness (QED) is 0.530. The second-order valence-corrected chi connectivity index (χ2v) is 8.38. The van der Waals surface area contributed by atoms with E-state index in [9.17, 15) is 0 Å². The van der Waals surface area contributed by atoms with Crippen molar-refractivity contribution in [2.75, 3.05) is 36.4 Å². The maximum atomic E-state index is 4.73. The molecule has 0 amide bonds. The van der Waals surface area contributed by atoms with E-state index in [0.717, 1.165) is 61.4 Å². The number of benzene rings is 2. The van der Waals surface area contributed by atoms with E-state index in [1.54, 1.807) is 0 Å². The Morgan fingerprint density at radius 1 is 0.968 bits per heavy atom. The number of rotatable bonds is 4. The van der Waals surface area contributed by atoms with Crippen LogP contribution in [-0.2, 0) is 6.42 Å². The van der Waals surface area contributed by atoms with Crippen molar-refractivity contribution in [1.82, 2.24) is 20.1 Å². The molecule has 0 bridgehead atoms. The van der Waals surface area contributed by atoms with Crippen LogP contribution in [0.5, 0.6) is 0 Å². The van der Waals surface area contributed by atoms with Crippen LogP contribution in [0.1, 0.15) is 23.6 Å². The topological polar surface area (TPSA) is 58.0 Å². The molecule has 0 saturated carbocycles. The first-order valence-corrected chi connectivity index (χ1v) is 11.1. The Bertz CT molecular complexity index is 1210. The Balaban J connectivity index is 1.26. The SMILES string of the molecule is c1ccc2c(c1)CC[C@@H]2n1ncc2cnc(Nc3ccc(N4CCNCC4)cc3)cc21. The highest BCUT2D eigenvalue weighted by Crippen LogP contribution is 2.36. The summed E-state index contributed by atoms with van der Waals surface area (Å²) in [5.41, 5.74) is 6.27. The lowest BCUT2D eigenvalue weighted by Crippen LogP contribution is -2.43. The molecule has 2 N–H and O–H groups in total. The van der Waals surface area contributed by atoms with Crippen LogP contribution < -0.4 is 15.5 Å². The Kier molecular flexibility index (Phi) is 4.57. The summed E-state index contributed by atoms with van der Waals surface area (Å²) in [5, 5.41) is 12.7. The molecule has 156 valence electrons. The van der Waals surface area contributed by atoms with Crippen LogP contribution in [0.15, 0.2) is 67.0 Å². The van der Waals surface area contributed by atoms with Crippen molar-refractivity contribution in [3.05, 3.63) is 78.1 Å². The minimum absolute atomic E-state index is 0.294. The van der Waals surface area contributed by atoms with Gasteiger partial charge in [-0.3, -0.25) is 4.68 Å². The zero-order valence-electron chi connectivity index (χ0n) is 17.5. The minimum Gasteiger partial charge on any atom is -0.369 e. The average molecular weight is 411 g/mol.